The maximum Gasteiger partial charge on any atom is 0.0921 e. The lowest BCUT2D eigenvalue weighted by molar-refractivity contribution is 1.11. The summed E-state index contributed by atoms with van der Waals surface area (Å²) in [6.45, 7) is 4.00. The van der Waals surface area contributed by atoms with Crippen molar-refractivity contribution in [2.45, 2.75) is 20.3 Å². The topological polar surface area (TPSA) is 28.7 Å². The van der Waals surface area contributed by atoms with Crippen LogP contribution in [-0.4, -0.2) is 9.97 Å². The van der Waals surface area contributed by atoms with Gasteiger partial charge in [0.15, 0.2) is 0 Å². The summed E-state index contributed by atoms with van der Waals surface area (Å²) in [7, 11) is 0. The highest BCUT2D eigenvalue weighted by Crippen LogP contribution is 2.04. The predicted octanol–water partition coefficient (Wildman–Crippen LogP) is 3.03. The zero-order chi connectivity index (χ0) is 10.2. The fourth-order valence-electron chi connectivity index (χ4n) is 1.20. The van der Waals surface area contributed by atoms with E-state index in [2.05, 4.69) is 22.1 Å². The van der Waals surface area contributed by atoms with Crippen molar-refractivity contribution in [3.05, 3.63) is 54.1 Å². The van der Waals surface area contributed by atoms with E-state index in [0.29, 0.717) is 0 Å². The highest BCUT2D eigenvalue weighted by Gasteiger charge is 1.94. The van der Waals surface area contributed by atoms with Crippen molar-refractivity contribution < 1.29 is 0 Å². The molecule has 0 aliphatic heterocycles. The highest BCUT2D eigenvalue weighted by atomic mass is 14.9. The summed E-state index contributed by atoms with van der Waals surface area (Å²) in [5, 5.41) is 0. The van der Waals surface area contributed by atoms with Crippen LogP contribution in [0.15, 0.2) is 42.9 Å². The number of imidazole rings is 1. The Morgan fingerprint density at radius 1 is 1.14 bits per heavy atom. The normalized spacial score (nSPS) is 9.00. The Morgan fingerprint density at radius 2 is 1.86 bits per heavy atom. The van der Waals surface area contributed by atoms with Gasteiger partial charge in [-0.1, -0.05) is 44.2 Å². The maximum absolute atomic E-state index is 3.96. The molecule has 2 aromatic rings. The van der Waals surface area contributed by atoms with Crippen molar-refractivity contribution in [1.29, 1.82) is 0 Å². The average Bonchev–Trinajstić information content (AvgIpc) is 2.75. The van der Waals surface area contributed by atoms with Crippen molar-refractivity contribution in [3.8, 4) is 0 Å². The molecule has 0 aliphatic carbocycles. The maximum atomic E-state index is 3.96. The summed E-state index contributed by atoms with van der Waals surface area (Å²) in [4.78, 5) is 7.04. The smallest absolute Gasteiger partial charge is 0.0921 e. The lowest BCUT2D eigenvalue weighted by Crippen LogP contribution is -1.86. The first kappa shape index (κ1) is 10.5. The van der Waals surface area contributed by atoms with Crippen molar-refractivity contribution >= 4 is 0 Å². The van der Waals surface area contributed by atoms with E-state index in [0.717, 1.165) is 12.1 Å². The van der Waals surface area contributed by atoms with E-state index in [1.165, 1.54) is 5.56 Å². The molecule has 0 bridgehead atoms. The van der Waals surface area contributed by atoms with E-state index in [1.54, 1.807) is 6.33 Å². The second-order valence-corrected chi connectivity index (χ2v) is 2.74. The Morgan fingerprint density at radius 3 is 2.43 bits per heavy atom. The van der Waals surface area contributed by atoms with Crippen LogP contribution >= 0.6 is 0 Å². The first-order chi connectivity index (χ1) is 6.95. The Labute approximate surface area is 85.0 Å². The number of hydrogen-bond acceptors (Lipinski definition) is 1. The summed E-state index contributed by atoms with van der Waals surface area (Å²) in [5.41, 5.74) is 2.46. The monoisotopic (exact) mass is 188 g/mol. The van der Waals surface area contributed by atoms with Crippen molar-refractivity contribution in [2.75, 3.05) is 0 Å². The average molecular weight is 188 g/mol. The molecule has 0 atom stereocenters. The van der Waals surface area contributed by atoms with Crippen molar-refractivity contribution in [3.63, 3.8) is 0 Å². The van der Waals surface area contributed by atoms with E-state index in [9.17, 15) is 0 Å². The molecule has 1 heterocycles. The second kappa shape index (κ2) is 5.97. The Balaban J connectivity index is 0.000000461. The molecule has 0 aliphatic rings. The van der Waals surface area contributed by atoms with Crippen molar-refractivity contribution in [2.24, 2.45) is 0 Å². The van der Waals surface area contributed by atoms with Gasteiger partial charge in [0.25, 0.3) is 0 Å². The van der Waals surface area contributed by atoms with Gasteiger partial charge in [0.1, 0.15) is 0 Å². The SMILES string of the molecule is CC.c1ccc(Cc2cnc[nH]2)cc1. The summed E-state index contributed by atoms with van der Waals surface area (Å²) in [5.74, 6) is 0. The van der Waals surface area contributed by atoms with Gasteiger partial charge in [0.2, 0.25) is 0 Å². The number of nitrogens with zero attached hydrogens (tertiary/aromatic N) is 1. The van der Waals surface area contributed by atoms with Gasteiger partial charge >= 0.3 is 0 Å². The summed E-state index contributed by atoms with van der Waals surface area (Å²) >= 11 is 0. The molecule has 1 aromatic heterocycles. The lowest BCUT2D eigenvalue weighted by atomic mass is 10.1. The summed E-state index contributed by atoms with van der Waals surface area (Å²) in [6.07, 6.45) is 4.49. The van der Waals surface area contributed by atoms with Gasteiger partial charge in [-0.25, -0.2) is 4.98 Å². The second-order valence-electron chi connectivity index (χ2n) is 2.74. The number of hydrogen-bond donors (Lipinski definition) is 1. The van der Waals surface area contributed by atoms with Gasteiger partial charge in [0, 0.05) is 18.3 Å². The van der Waals surface area contributed by atoms with Gasteiger partial charge < -0.3 is 4.98 Å². The molecule has 1 aromatic carbocycles. The standard InChI is InChI=1S/C10H10N2.C2H6/c1-2-4-9(5-3-1)6-10-7-11-8-12-10;1-2/h1-5,7-8H,6H2,(H,11,12);1-2H3. The molecular weight excluding hydrogens is 172 g/mol. The third kappa shape index (κ3) is 3.05. The molecule has 0 unspecified atom stereocenters. The number of aromatic amines is 1. The van der Waals surface area contributed by atoms with Gasteiger partial charge in [-0.2, -0.15) is 0 Å². The van der Waals surface area contributed by atoms with E-state index in [4.69, 9.17) is 0 Å². The summed E-state index contributed by atoms with van der Waals surface area (Å²) in [6, 6.07) is 10.3. The molecule has 0 spiro atoms. The van der Waals surface area contributed by atoms with Gasteiger partial charge in [0.05, 0.1) is 6.33 Å². The first-order valence-electron chi connectivity index (χ1n) is 4.96. The molecule has 0 fully saturated rings. The Kier molecular flexibility index (Phi) is 4.48. The van der Waals surface area contributed by atoms with E-state index in [1.807, 2.05) is 38.2 Å². The van der Waals surface area contributed by atoms with Crippen LogP contribution < -0.4 is 0 Å². The largest absolute Gasteiger partial charge is 0.348 e. The molecule has 2 nitrogen and oxygen atoms in total. The number of benzene rings is 1. The van der Waals surface area contributed by atoms with E-state index < -0.39 is 0 Å². The third-order valence-corrected chi connectivity index (χ3v) is 1.79. The molecular formula is C12H16N2. The van der Waals surface area contributed by atoms with Gasteiger partial charge in [-0.15, -0.1) is 0 Å². The molecule has 2 rings (SSSR count). The zero-order valence-electron chi connectivity index (χ0n) is 8.70. The number of nitrogens with one attached hydrogen (secondary N) is 1. The number of aromatic nitrogens is 2. The van der Waals surface area contributed by atoms with Crippen LogP contribution in [0.2, 0.25) is 0 Å². The van der Waals surface area contributed by atoms with Crippen LogP contribution in [0.3, 0.4) is 0 Å². The van der Waals surface area contributed by atoms with Crippen LogP contribution in [-0.2, 0) is 6.42 Å². The minimum atomic E-state index is 0.931. The Bertz CT molecular complexity index is 324. The molecule has 0 amide bonds. The van der Waals surface area contributed by atoms with Crippen LogP contribution in [0.25, 0.3) is 0 Å². The molecule has 0 radical (unpaired) electrons. The molecule has 1 N–H and O–H groups in total. The minimum Gasteiger partial charge on any atom is -0.348 e. The first-order valence-corrected chi connectivity index (χ1v) is 4.96. The third-order valence-electron chi connectivity index (χ3n) is 1.79. The fraction of sp³-hybridized carbons (Fsp3) is 0.250. The zero-order valence-corrected chi connectivity index (χ0v) is 8.70. The van der Waals surface area contributed by atoms with Crippen LogP contribution in [0, 0.1) is 0 Å². The number of H-pyrrole nitrogens is 1. The van der Waals surface area contributed by atoms with Gasteiger partial charge in [-0.05, 0) is 5.56 Å². The Hall–Kier alpha value is -1.57. The molecule has 2 heteroatoms. The van der Waals surface area contributed by atoms with E-state index in [-0.39, 0.29) is 0 Å². The molecule has 0 saturated heterocycles. The van der Waals surface area contributed by atoms with Gasteiger partial charge in [-0.3, -0.25) is 0 Å². The predicted molar refractivity (Wildman–Crippen MR) is 59.2 cm³/mol. The van der Waals surface area contributed by atoms with Crippen molar-refractivity contribution in [1.82, 2.24) is 9.97 Å². The molecule has 14 heavy (non-hydrogen) atoms. The van der Waals surface area contributed by atoms with Crippen LogP contribution in [0.4, 0.5) is 0 Å². The highest BCUT2D eigenvalue weighted by molar-refractivity contribution is 5.19. The van der Waals surface area contributed by atoms with Crippen LogP contribution in [0.5, 0.6) is 0 Å². The minimum absolute atomic E-state index is 0.931. The molecule has 74 valence electrons. The van der Waals surface area contributed by atoms with Crippen LogP contribution in [0.1, 0.15) is 25.1 Å². The fourth-order valence-corrected chi connectivity index (χ4v) is 1.20. The quantitative estimate of drug-likeness (QED) is 0.771. The molecule has 0 saturated carbocycles. The number of rotatable bonds is 2. The summed E-state index contributed by atoms with van der Waals surface area (Å²) < 4.78 is 0. The van der Waals surface area contributed by atoms with E-state index >= 15 is 0 Å². The lowest BCUT2D eigenvalue weighted by Gasteiger charge is -1.96.